The zero-order valence-corrected chi connectivity index (χ0v) is 15.9. The van der Waals surface area contributed by atoms with E-state index in [0.29, 0.717) is 6.54 Å². The van der Waals surface area contributed by atoms with Gasteiger partial charge in [-0.15, -0.1) is 0 Å². The number of amides is 1. The van der Waals surface area contributed by atoms with Crippen LogP contribution in [-0.2, 0) is 6.18 Å². The monoisotopic (exact) mass is 410 g/mol. The molecule has 2 aromatic heterocycles. The Kier molecular flexibility index (Phi) is 7.08. The van der Waals surface area contributed by atoms with E-state index in [0.717, 1.165) is 36.0 Å². The molecule has 1 atom stereocenters. The number of hydrogen-bond donors (Lipinski definition) is 3. The minimum absolute atomic E-state index is 0.0662. The van der Waals surface area contributed by atoms with E-state index in [4.69, 9.17) is 15.6 Å². The lowest BCUT2D eigenvalue weighted by Gasteiger charge is -2.16. The highest BCUT2D eigenvalue weighted by Gasteiger charge is 2.34. The second-order valence-corrected chi connectivity index (χ2v) is 6.11. The zero-order valence-electron chi connectivity index (χ0n) is 15.9. The third-order valence-electron chi connectivity index (χ3n) is 4.07. The van der Waals surface area contributed by atoms with Crippen LogP contribution in [0.25, 0.3) is 0 Å². The van der Waals surface area contributed by atoms with Gasteiger partial charge < -0.3 is 15.5 Å². The van der Waals surface area contributed by atoms with Crippen LogP contribution in [0, 0.1) is 10.8 Å². The molecule has 0 radical (unpaired) electrons. The van der Waals surface area contributed by atoms with E-state index in [1.54, 1.807) is 0 Å². The fourth-order valence-corrected chi connectivity index (χ4v) is 2.52. The Hall–Kier alpha value is -3.24. The number of halogens is 3. The molecule has 0 aliphatic carbocycles. The minimum atomic E-state index is -4.64. The van der Waals surface area contributed by atoms with E-state index < -0.39 is 23.7 Å². The Bertz CT molecular complexity index is 894. The molecule has 2 rings (SSSR count). The van der Waals surface area contributed by atoms with Gasteiger partial charge in [0.15, 0.2) is 5.69 Å². The van der Waals surface area contributed by atoms with E-state index in [9.17, 15) is 18.0 Å². The van der Waals surface area contributed by atoms with Gasteiger partial charge in [0.1, 0.15) is 11.4 Å². The van der Waals surface area contributed by atoms with Gasteiger partial charge in [-0.05, 0) is 24.1 Å². The molecule has 11 heteroatoms. The lowest BCUT2D eigenvalue weighted by Crippen LogP contribution is -2.26. The number of aromatic nitrogens is 3. The summed E-state index contributed by atoms with van der Waals surface area (Å²) < 4.78 is 44.1. The first-order valence-corrected chi connectivity index (χ1v) is 8.77. The van der Waals surface area contributed by atoms with Crippen molar-refractivity contribution in [3.8, 4) is 5.88 Å². The number of alkyl halides is 3. The quantitative estimate of drug-likeness (QED) is 0.352. The summed E-state index contributed by atoms with van der Waals surface area (Å²) in [6.07, 6.45) is 0.218. The highest BCUT2D eigenvalue weighted by molar-refractivity contribution is 6.02. The van der Waals surface area contributed by atoms with Crippen molar-refractivity contribution >= 4 is 18.0 Å². The minimum Gasteiger partial charge on any atom is -0.480 e. The summed E-state index contributed by atoms with van der Waals surface area (Å²) in [6, 6.07) is 2.15. The Morgan fingerprint density at radius 3 is 2.72 bits per heavy atom. The lowest BCUT2D eigenvalue weighted by atomic mass is 9.99. The van der Waals surface area contributed by atoms with Gasteiger partial charge in [0, 0.05) is 25.2 Å². The number of pyridine rings is 1. The first-order valence-electron chi connectivity index (χ1n) is 8.77. The molecular formula is C18H21F3N6O2. The van der Waals surface area contributed by atoms with Crippen LogP contribution in [0.5, 0.6) is 5.88 Å². The largest absolute Gasteiger partial charge is 0.480 e. The first-order chi connectivity index (χ1) is 13.7. The summed E-state index contributed by atoms with van der Waals surface area (Å²) >= 11 is 0. The summed E-state index contributed by atoms with van der Waals surface area (Å²) in [5, 5.41) is 21.9. The predicted octanol–water partition coefficient (Wildman–Crippen LogP) is 3.09. The molecule has 0 saturated heterocycles. The molecule has 0 fully saturated rings. The van der Waals surface area contributed by atoms with Crippen molar-refractivity contribution < 1.29 is 22.7 Å². The van der Waals surface area contributed by atoms with Crippen LogP contribution in [0.1, 0.15) is 47.3 Å². The second-order valence-electron chi connectivity index (χ2n) is 6.11. The van der Waals surface area contributed by atoms with Gasteiger partial charge in [0.25, 0.3) is 5.91 Å². The van der Waals surface area contributed by atoms with Gasteiger partial charge in [-0.3, -0.25) is 10.2 Å². The Labute approximate surface area is 165 Å². The number of carbonyl (C=O) groups excluding carboxylic acids is 1. The molecule has 0 aliphatic heterocycles. The smallest absolute Gasteiger partial charge is 0.435 e. The van der Waals surface area contributed by atoms with Gasteiger partial charge in [0.05, 0.1) is 13.0 Å². The number of methoxy groups -OCH3 is 1. The van der Waals surface area contributed by atoms with Crippen LogP contribution < -0.4 is 10.1 Å². The van der Waals surface area contributed by atoms with Crippen molar-refractivity contribution in [2.75, 3.05) is 13.7 Å². The van der Waals surface area contributed by atoms with Gasteiger partial charge in [-0.2, -0.15) is 18.3 Å². The van der Waals surface area contributed by atoms with Crippen LogP contribution >= 0.6 is 0 Å². The fourth-order valence-electron chi connectivity index (χ4n) is 2.52. The molecule has 29 heavy (non-hydrogen) atoms. The summed E-state index contributed by atoms with van der Waals surface area (Å²) in [6.45, 7) is 2.44. The molecule has 2 aromatic rings. The number of rotatable bonds is 8. The summed E-state index contributed by atoms with van der Waals surface area (Å²) in [7, 11) is 1.35. The lowest BCUT2D eigenvalue weighted by molar-refractivity contribution is -0.141. The number of nitrogens with zero attached hydrogens (tertiary/aromatic N) is 3. The van der Waals surface area contributed by atoms with Crippen molar-refractivity contribution in [2.45, 2.75) is 31.9 Å². The van der Waals surface area contributed by atoms with Crippen molar-refractivity contribution in [3.63, 3.8) is 0 Å². The normalized spacial score (nSPS) is 12.3. The standard InChI is InChI=1S/C18H21F3N6O2/c1-3-4-6-24-16(28)12-8-11(10-25-17(12)29-2)13(9-22)15(23)27-7-5-14(26-27)18(19,20)21/h5,7-10,13,22-23H,3-4,6H2,1-2H3,(H,24,28). The average molecular weight is 410 g/mol. The number of unbranched alkanes of at least 4 members (excludes halogenated alkanes) is 1. The van der Waals surface area contributed by atoms with E-state index in [-0.39, 0.29) is 22.8 Å². The highest BCUT2D eigenvalue weighted by Crippen LogP contribution is 2.28. The molecule has 8 nitrogen and oxygen atoms in total. The topological polar surface area (TPSA) is 117 Å². The molecule has 0 aromatic carbocycles. The summed E-state index contributed by atoms with van der Waals surface area (Å²) in [4.78, 5) is 16.5. The third kappa shape index (κ3) is 5.18. The molecule has 0 saturated carbocycles. The van der Waals surface area contributed by atoms with Crippen LogP contribution in [0.4, 0.5) is 13.2 Å². The zero-order chi connectivity index (χ0) is 21.6. The molecule has 3 N–H and O–H groups in total. The van der Waals surface area contributed by atoms with Crippen molar-refractivity contribution in [3.05, 3.63) is 41.3 Å². The Morgan fingerprint density at radius 2 is 2.17 bits per heavy atom. The van der Waals surface area contributed by atoms with Crippen LogP contribution in [-0.4, -0.2) is 46.4 Å². The molecule has 1 amide bonds. The fraction of sp³-hybridized carbons (Fsp3) is 0.389. The van der Waals surface area contributed by atoms with Crippen molar-refractivity contribution in [1.82, 2.24) is 20.1 Å². The first kappa shape index (κ1) is 22.1. The molecule has 0 bridgehead atoms. The highest BCUT2D eigenvalue weighted by atomic mass is 19.4. The second kappa shape index (κ2) is 9.30. The van der Waals surface area contributed by atoms with Gasteiger partial charge in [-0.1, -0.05) is 13.3 Å². The maximum Gasteiger partial charge on any atom is 0.435 e. The van der Waals surface area contributed by atoms with Crippen LogP contribution in [0.2, 0.25) is 0 Å². The maximum absolute atomic E-state index is 12.8. The Balaban J connectivity index is 2.34. The van der Waals surface area contributed by atoms with Crippen LogP contribution in [0.3, 0.4) is 0 Å². The van der Waals surface area contributed by atoms with Gasteiger partial charge in [-0.25, -0.2) is 9.67 Å². The predicted molar refractivity (Wildman–Crippen MR) is 99.9 cm³/mol. The number of hydrogen-bond acceptors (Lipinski definition) is 6. The third-order valence-corrected chi connectivity index (χ3v) is 4.07. The van der Waals surface area contributed by atoms with Crippen molar-refractivity contribution in [2.24, 2.45) is 0 Å². The molecule has 0 spiro atoms. The molecular weight excluding hydrogens is 389 g/mol. The molecule has 156 valence electrons. The molecule has 1 unspecified atom stereocenters. The number of nitrogens with one attached hydrogen (secondary N) is 3. The average Bonchev–Trinajstić information content (AvgIpc) is 3.19. The summed E-state index contributed by atoms with van der Waals surface area (Å²) in [5.74, 6) is -1.81. The Morgan fingerprint density at radius 1 is 1.45 bits per heavy atom. The maximum atomic E-state index is 12.8. The number of ether oxygens (including phenoxy) is 1. The van der Waals surface area contributed by atoms with Crippen molar-refractivity contribution in [1.29, 1.82) is 10.8 Å². The van der Waals surface area contributed by atoms with E-state index >= 15 is 0 Å². The summed E-state index contributed by atoms with van der Waals surface area (Å²) in [5.41, 5.74) is -0.762. The van der Waals surface area contributed by atoms with Gasteiger partial charge in [0.2, 0.25) is 5.88 Å². The van der Waals surface area contributed by atoms with E-state index in [2.05, 4.69) is 15.4 Å². The van der Waals surface area contributed by atoms with Crippen LogP contribution in [0.15, 0.2) is 24.5 Å². The molecule has 0 aliphatic rings. The number of carbonyl (C=O) groups is 1. The van der Waals surface area contributed by atoms with E-state index in [1.807, 2.05) is 6.92 Å². The van der Waals surface area contributed by atoms with E-state index in [1.165, 1.54) is 19.4 Å². The molecule has 2 heterocycles. The SMILES string of the molecule is CCCCNC(=O)c1cc(C(C=N)C(=N)n2ccc(C(F)(F)F)n2)cnc1OC. The van der Waals surface area contributed by atoms with Gasteiger partial charge >= 0.3 is 6.18 Å².